The summed E-state index contributed by atoms with van der Waals surface area (Å²) < 4.78 is 7.35. The predicted octanol–water partition coefficient (Wildman–Crippen LogP) is 1.65. The van der Waals surface area contributed by atoms with Gasteiger partial charge in [0.1, 0.15) is 5.82 Å². The molecule has 1 fully saturated rings. The molecule has 0 N–H and O–H groups in total. The van der Waals surface area contributed by atoms with Crippen LogP contribution in [0.1, 0.15) is 28.5 Å². The number of hydrogen-bond acceptors (Lipinski definition) is 3. The Hall–Kier alpha value is -1.68. The van der Waals surface area contributed by atoms with Gasteiger partial charge < -0.3 is 9.14 Å². The fourth-order valence-corrected chi connectivity index (χ4v) is 2.14. The fraction of sp³-hybridized carbons (Fsp3) is 0.333. The van der Waals surface area contributed by atoms with Crippen LogP contribution in [0.25, 0.3) is 5.52 Å². The third-order valence-corrected chi connectivity index (χ3v) is 3.01. The Morgan fingerprint density at radius 1 is 1.50 bits per heavy atom. The minimum atomic E-state index is 0.351. The van der Waals surface area contributed by atoms with E-state index >= 15 is 0 Å². The smallest absolute Gasteiger partial charge is 0.151 e. The first-order valence-electron chi connectivity index (χ1n) is 5.38. The zero-order chi connectivity index (χ0) is 11.0. The van der Waals surface area contributed by atoms with Crippen molar-refractivity contribution in [3.63, 3.8) is 0 Å². The molecule has 0 aliphatic carbocycles. The van der Waals surface area contributed by atoms with Crippen molar-refractivity contribution in [3.05, 3.63) is 35.9 Å². The summed E-state index contributed by atoms with van der Waals surface area (Å²) in [6.07, 6.45) is 5.53. The van der Waals surface area contributed by atoms with Crippen LogP contribution >= 0.6 is 0 Å². The van der Waals surface area contributed by atoms with Crippen molar-refractivity contribution in [1.82, 2.24) is 9.38 Å². The summed E-state index contributed by atoms with van der Waals surface area (Å²) in [7, 11) is 0. The lowest BCUT2D eigenvalue weighted by Crippen LogP contribution is -2.04. The van der Waals surface area contributed by atoms with Crippen molar-refractivity contribution < 1.29 is 9.53 Å². The lowest BCUT2D eigenvalue weighted by atomic mass is 10.1. The molecular weight excluding hydrogens is 204 g/mol. The van der Waals surface area contributed by atoms with E-state index in [1.165, 1.54) is 0 Å². The van der Waals surface area contributed by atoms with Gasteiger partial charge in [-0.2, -0.15) is 0 Å². The molecule has 2 aromatic heterocycles. The molecule has 0 saturated carbocycles. The van der Waals surface area contributed by atoms with E-state index in [2.05, 4.69) is 4.98 Å². The first-order chi connectivity index (χ1) is 7.88. The number of fused-ring (bicyclic) bond motifs is 1. The molecule has 3 heterocycles. The first-order valence-corrected chi connectivity index (χ1v) is 5.38. The summed E-state index contributed by atoms with van der Waals surface area (Å²) >= 11 is 0. The van der Waals surface area contributed by atoms with Crippen molar-refractivity contribution in [3.8, 4) is 0 Å². The Balaban J connectivity index is 2.13. The van der Waals surface area contributed by atoms with Crippen molar-refractivity contribution in [1.29, 1.82) is 0 Å². The van der Waals surface area contributed by atoms with Crippen LogP contribution in [-0.4, -0.2) is 28.9 Å². The van der Waals surface area contributed by atoms with Crippen molar-refractivity contribution in [2.75, 3.05) is 13.2 Å². The van der Waals surface area contributed by atoms with Crippen LogP contribution in [0.4, 0.5) is 0 Å². The van der Waals surface area contributed by atoms with Crippen LogP contribution in [0.3, 0.4) is 0 Å². The van der Waals surface area contributed by atoms with E-state index in [1.807, 2.05) is 22.9 Å². The second-order valence-corrected chi connectivity index (χ2v) is 4.05. The molecule has 0 spiro atoms. The molecule has 0 aromatic carbocycles. The van der Waals surface area contributed by atoms with Gasteiger partial charge in [0.2, 0.25) is 0 Å². The Kier molecular flexibility index (Phi) is 2.22. The van der Waals surface area contributed by atoms with Crippen molar-refractivity contribution >= 4 is 11.8 Å². The van der Waals surface area contributed by atoms with Gasteiger partial charge in [0.05, 0.1) is 18.3 Å². The van der Waals surface area contributed by atoms with E-state index in [1.54, 1.807) is 6.07 Å². The zero-order valence-corrected chi connectivity index (χ0v) is 8.80. The number of hydrogen-bond donors (Lipinski definition) is 0. The molecule has 1 saturated heterocycles. The fourth-order valence-electron chi connectivity index (χ4n) is 2.14. The number of carbonyl (C=O) groups is 1. The molecule has 0 amide bonds. The Morgan fingerprint density at radius 2 is 2.44 bits per heavy atom. The van der Waals surface area contributed by atoms with Gasteiger partial charge >= 0.3 is 0 Å². The monoisotopic (exact) mass is 216 g/mol. The highest BCUT2D eigenvalue weighted by molar-refractivity contribution is 5.75. The molecule has 1 aliphatic heterocycles. The summed E-state index contributed by atoms with van der Waals surface area (Å²) in [5, 5.41) is 0. The van der Waals surface area contributed by atoms with Gasteiger partial charge in [-0.25, -0.2) is 4.98 Å². The first kappa shape index (κ1) is 9.54. The average Bonchev–Trinajstić information content (AvgIpc) is 2.96. The van der Waals surface area contributed by atoms with Gasteiger partial charge in [-0.3, -0.25) is 4.79 Å². The van der Waals surface area contributed by atoms with Crippen LogP contribution in [0, 0.1) is 0 Å². The van der Waals surface area contributed by atoms with Crippen molar-refractivity contribution in [2.45, 2.75) is 12.3 Å². The molecule has 3 rings (SSSR count). The molecule has 0 bridgehead atoms. The van der Waals surface area contributed by atoms with Gasteiger partial charge in [-0.15, -0.1) is 0 Å². The van der Waals surface area contributed by atoms with E-state index in [0.29, 0.717) is 11.5 Å². The standard InChI is InChI=1S/C12H12N2O2/c15-7-9-1-2-11-5-13-12(14(11)6-9)10-3-4-16-8-10/h1-2,5-7,10H,3-4,8H2. The number of pyridine rings is 1. The number of aromatic nitrogens is 2. The third-order valence-electron chi connectivity index (χ3n) is 3.01. The molecule has 4 heteroatoms. The molecule has 16 heavy (non-hydrogen) atoms. The number of ether oxygens (including phenoxy) is 1. The van der Waals surface area contributed by atoms with Gasteiger partial charge in [0, 0.05) is 24.3 Å². The summed E-state index contributed by atoms with van der Waals surface area (Å²) in [5.41, 5.74) is 1.69. The van der Waals surface area contributed by atoms with Gasteiger partial charge in [-0.05, 0) is 18.6 Å². The summed E-state index contributed by atoms with van der Waals surface area (Å²) in [5.74, 6) is 1.35. The Bertz CT molecular complexity index is 527. The Labute approximate surface area is 92.9 Å². The molecular formula is C12H12N2O2. The lowest BCUT2D eigenvalue weighted by molar-refractivity contribution is 0.112. The predicted molar refractivity (Wildman–Crippen MR) is 58.8 cm³/mol. The zero-order valence-electron chi connectivity index (χ0n) is 8.80. The van der Waals surface area contributed by atoms with Gasteiger partial charge in [-0.1, -0.05) is 0 Å². The molecule has 82 valence electrons. The van der Waals surface area contributed by atoms with E-state index in [-0.39, 0.29) is 0 Å². The SMILES string of the molecule is O=Cc1ccc2cnc(C3CCOC3)n2c1. The highest BCUT2D eigenvalue weighted by Crippen LogP contribution is 2.24. The van der Waals surface area contributed by atoms with Gasteiger partial charge in [0.25, 0.3) is 0 Å². The van der Waals surface area contributed by atoms with Crippen LogP contribution in [-0.2, 0) is 4.74 Å². The van der Waals surface area contributed by atoms with E-state index in [4.69, 9.17) is 4.74 Å². The normalized spacial score (nSPS) is 20.4. The third kappa shape index (κ3) is 1.42. The van der Waals surface area contributed by atoms with E-state index < -0.39 is 0 Å². The van der Waals surface area contributed by atoms with E-state index in [0.717, 1.165) is 37.3 Å². The Morgan fingerprint density at radius 3 is 3.19 bits per heavy atom. The number of carbonyl (C=O) groups excluding carboxylic acids is 1. The number of rotatable bonds is 2. The molecule has 2 aromatic rings. The van der Waals surface area contributed by atoms with Crippen LogP contribution in [0.15, 0.2) is 24.5 Å². The minimum absolute atomic E-state index is 0.351. The maximum absolute atomic E-state index is 10.7. The molecule has 4 nitrogen and oxygen atoms in total. The maximum atomic E-state index is 10.7. The molecule has 1 atom stereocenters. The summed E-state index contributed by atoms with van der Waals surface area (Å²) in [4.78, 5) is 15.2. The average molecular weight is 216 g/mol. The highest BCUT2D eigenvalue weighted by atomic mass is 16.5. The quantitative estimate of drug-likeness (QED) is 0.717. The largest absolute Gasteiger partial charge is 0.381 e. The lowest BCUT2D eigenvalue weighted by Gasteiger charge is -2.06. The topological polar surface area (TPSA) is 43.6 Å². The number of nitrogens with zero attached hydrogens (tertiary/aromatic N) is 2. The van der Waals surface area contributed by atoms with Crippen molar-refractivity contribution in [2.24, 2.45) is 0 Å². The molecule has 1 aliphatic rings. The van der Waals surface area contributed by atoms with Crippen LogP contribution in [0.2, 0.25) is 0 Å². The molecule has 1 unspecified atom stereocenters. The second-order valence-electron chi connectivity index (χ2n) is 4.05. The van der Waals surface area contributed by atoms with Gasteiger partial charge in [0.15, 0.2) is 6.29 Å². The number of aldehydes is 1. The summed E-state index contributed by atoms with van der Waals surface area (Å²) in [6, 6.07) is 3.72. The highest BCUT2D eigenvalue weighted by Gasteiger charge is 2.21. The van der Waals surface area contributed by atoms with E-state index in [9.17, 15) is 4.79 Å². The van der Waals surface area contributed by atoms with Crippen LogP contribution in [0.5, 0.6) is 0 Å². The molecule has 0 radical (unpaired) electrons. The second kappa shape index (κ2) is 3.72. The number of imidazole rings is 1. The summed E-state index contributed by atoms with van der Waals surface area (Å²) in [6.45, 7) is 1.53. The maximum Gasteiger partial charge on any atom is 0.151 e. The minimum Gasteiger partial charge on any atom is -0.381 e. The van der Waals surface area contributed by atoms with Crippen LogP contribution < -0.4 is 0 Å².